The summed E-state index contributed by atoms with van der Waals surface area (Å²) in [5.41, 5.74) is -0.340. The normalized spacial score (nSPS) is 30.9. The number of aliphatic hydroxyl groups is 4. The molecule has 0 unspecified atom stereocenters. The number of phenols is 3. The molecule has 0 amide bonds. The molecule has 128 valence electrons. The molecule has 0 radical (unpaired) electrons. The molecule has 10 heteroatoms. The number of carbonyl (C=O) groups is 1. The molecule has 2 rings (SSSR count). The molecule has 0 saturated carbocycles. The fraction of sp³-hybridized carbons (Fsp3) is 0.462. The number of ether oxygens (including phenoxy) is 2. The molecular weight excluding hydrogens is 316 g/mol. The van der Waals surface area contributed by atoms with Crippen LogP contribution in [0.1, 0.15) is 10.4 Å². The van der Waals surface area contributed by atoms with Crippen molar-refractivity contribution in [3.05, 3.63) is 17.7 Å². The summed E-state index contributed by atoms with van der Waals surface area (Å²) < 4.78 is 9.50. The van der Waals surface area contributed by atoms with Gasteiger partial charge in [-0.1, -0.05) is 0 Å². The van der Waals surface area contributed by atoms with E-state index in [1.54, 1.807) is 0 Å². The maximum absolute atomic E-state index is 11.8. The molecule has 0 aromatic heterocycles. The summed E-state index contributed by atoms with van der Waals surface area (Å²) in [5, 5.41) is 66.3. The minimum atomic E-state index is -2.44. The van der Waals surface area contributed by atoms with Gasteiger partial charge in [-0.2, -0.15) is 0 Å². The zero-order valence-corrected chi connectivity index (χ0v) is 11.7. The van der Waals surface area contributed by atoms with E-state index >= 15 is 0 Å². The van der Waals surface area contributed by atoms with Crippen LogP contribution in [0.5, 0.6) is 17.2 Å². The highest BCUT2D eigenvalue weighted by atomic mass is 16.7. The first kappa shape index (κ1) is 17.2. The molecule has 1 aliphatic heterocycles. The Kier molecular flexibility index (Phi) is 4.63. The molecule has 0 aliphatic carbocycles. The third-order valence-corrected chi connectivity index (χ3v) is 3.40. The zero-order valence-electron chi connectivity index (χ0n) is 11.7. The SMILES string of the molecule is O=C(OC[C@@]1(O)OC[C@@H](O)[C@@H](O)[C@@H]1O)c1cc(O)c(O)c(O)c1. The lowest BCUT2D eigenvalue weighted by atomic mass is 9.97. The van der Waals surface area contributed by atoms with Crippen molar-refractivity contribution in [2.24, 2.45) is 0 Å². The monoisotopic (exact) mass is 332 g/mol. The predicted octanol–water partition coefficient (Wildman–Crippen LogP) is -2.24. The van der Waals surface area contributed by atoms with E-state index in [1.807, 2.05) is 0 Å². The van der Waals surface area contributed by atoms with Crippen molar-refractivity contribution in [3.63, 3.8) is 0 Å². The van der Waals surface area contributed by atoms with E-state index in [9.17, 15) is 40.5 Å². The van der Waals surface area contributed by atoms with E-state index in [4.69, 9.17) is 9.47 Å². The number of rotatable bonds is 3. The number of aromatic hydroxyl groups is 3. The van der Waals surface area contributed by atoms with Crippen molar-refractivity contribution < 1.29 is 50.0 Å². The topological polar surface area (TPSA) is 177 Å². The van der Waals surface area contributed by atoms with Gasteiger partial charge in [0.05, 0.1) is 12.2 Å². The average Bonchev–Trinajstić information content (AvgIpc) is 2.52. The summed E-state index contributed by atoms with van der Waals surface area (Å²) >= 11 is 0. The molecule has 1 saturated heterocycles. The van der Waals surface area contributed by atoms with Gasteiger partial charge in [0.1, 0.15) is 24.9 Å². The third kappa shape index (κ3) is 3.30. The van der Waals surface area contributed by atoms with Crippen LogP contribution >= 0.6 is 0 Å². The molecule has 0 bridgehead atoms. The standard InChI is InChI=1S/C13H16O10/c14-6-1-5(2-7(15)9(6)17)12(20)22-4-13(21)11(19)10(18)8(16)3-23-13/h1-2,8,10-11,14-19,21H,3-4H2/t8-,10-,11+,13-/m1/s1. The molecule has 7 N–H and O–H groups in total. The number of hydrogen-bond donors (Lipinski definition) is 7. The van der Waals surface area contributed by atoms with Gasteiger partial charge in [0.25, 0.3) is 0 Å². The molecule has 1 aliphatic rings. The maximum atomic E-state index is 11.8. The Labute approximate surface area is 129 Å². The summed E-state index contributed by atoms with van der Waals surface area (Å²) in [4.78, 5) is 11.8. The highest BCUT2D eigenvalue weighted by Gasteiger charge is 2.49. The second-order valence-electron chi connectivity index (χ2n) is 5.10. The Morgan fingerprint density at radius 2 is 1.78 bits per heavy atom. The molecule has 1 heterocycles. The van der Waals surface area contributed by atoms with Crippen LogP contribution in [-0.4, -0.2) is 79.0 Å². The van der Waals surface area contributed by atoms with Crippen molar-refractivity contribution in [1.29, 1.82) is 0 Å². The van der Waals surface area contributed by atoms with Gasteiger partial charge in [-0.15, -0.1) is 0 Å². The van der Waals surface area contributed by atoms with Gasteiger partial charge in [0.2, 0.25) is 5.79 Å². The second kappa shape index (κ2) is 6.18. The van der Waals surface area contributed by atoms with Gasteiger partial charge in [0.15, 0.2) is 17.2 Å². The molecule has 23 heavy (non-hydrogen) atoms. The smallest absolute Gasteiger partial charge is 0.338 e. The number of hydrogen-bond acceptors (Lipinski definition) is 10. The highest BCUT2D eigenvalue weighted by Crippen LogP contribution is 2.35. The lowest BCUT2D eigenvalue weighted by Crippen LogP contribution is -2.63. The Balaban J connectivity index is 2.07. The van der Waals surface area contributed by atoms with Gasteiger partial charge in [-0.25, -0.2) is 4.79 Å². The van der Waals surface area contributed by atoms with Gasteiger partial charge in [-0.05, 0) is 12.1 Å². The predicted molar refractivity (Wildman–Crippen MR) is 70.6 cm³/mol. The van der Waals surface area contributed by atoms with Gasteiger partial charge >= 0.3 is 5.97 Å². The van der Waals surface area contributed by atoms with Crippen LogP contribution < -0.4 is 0 Å². The average molecular weight is 332 g/mol. The van der Waals surface area contributed by atoms with E-state index in [1.165, 1.54) is 0 Å². The van der Waals surface area contributed by atoms with Gasteiger partial charge in [0, 0.05) is 0 Å². The van der Waals surface area contributed by atoms with E-state index in [0.717, 1.165) is 12.1 Å². The number of esters is 1. The van der Waals surface area contributed by atoms with Gasteiger partial charge < -0.3 is 45.2 Å². The fourth-order valence-electron chi connectivity index (χ4n) is 1.99. The third-order valence-electron chi connectivity index (χ3n) is 3.40. The number of carbonyl (C=O) groups excluding carboxylic acids is 1. The summed E-state index contributed by atoms with van der Waals surface area (Å²) in [6, 6.07) is 1.64. The van der Waals surface area contributed by atoms with Gasteiger partial charge in [-0.3, -0.25) is 0 Å². The maximum Gasteiger partial charge on any atom is 0.338 e. The van der Waals surface area contributed by atoms with Crippen molar-refractivity contribution in [2.75, 3.05) is 13.2 Å². The first-order chi connectivity index (χ1) is 10.7. The van der Waals surface area contributed by atoms with Crippen LogP contribution in [-0.2, 0) is 9.47 Å². The summed E-state index contributed by atoms with van der Waals surface area (Å²) in [7, 11) is 0. The molecular formula is C13H16O10. The minimum Gasteiger partial charge on any atom is -0.504 e. The molecule has 4 atom stereocenters. The summed E-state index contributed by atoms with van der Waals surface area (Å²) in [5.74, 6) is -5.88. The summed E-state index contributed by atoms with van der Waals surface area (Å²) in [6.07, 6.45) is -5.04. The van der Waals surface area contributed by atoms with E-state index in [0.29, 0.717) is 0 Å². The quantitative estimate of drug-likeness (QED) is 0.236. The highest BCUT2D eigenvalue weighted by molar-refractivity contribution is 5.91. The van der Waals surface area contributed by atoms with E-state index in [2.05, 4.69) is 0 Å². The number of aliphatic hydroxyl groups excluding tert-OH is 3. The van der Waals surface area contributed by atoms with Crippen LogP contribution in [0.2, 0.25) is 0 Å². The Morgan fingerprint density at radius 3 is 2.35 bits per heavy atom. The lowest BCUT2D eigenvalue weighted by Gasteiger charge is -2.40. The lowest BCUT2D eigenvalue weighted by molar-refractivity contribution is -0.330. The van der Waals surface area contributed by atoms with Crippen LogP contribution in [0, 0.1) is 0 Å². The Hall–Kier alpha value is -2.11. The van der Waals surface area contributed by atoms with E-state index < -0.39 is 60.5 Å². The summed E-state index contributed by atoms with van der Waals surface area (Å²) in [6.45, 7) is -1.38. The number of benzene rings is 1. The van der Waals surface area contributed by atoms with Crippen LogP contribution in [0.15, 0.2) is 12.1 Å². The largest absolute Gasteiger partial charge is 0.504 e. The molecule has 1 aromatic rings. The van der Waals surface area contributed by atoms with Crippen LogP contribution in [0.25, 0.3) is 0 Å². The fourth-order valence-corrected chi connectivity index (χ4v) is 1.99. The molecule has 1 aromatic carbocycles. The van der Waals surface area contributed by atoms with Crippen molar-refractivity contribution in [3.8, 4) is 17.2 Å². The zero-order chi connectivity index (χ0) is 17.4. The minimum absolute atomic E-state index is 0.340. The Morgan fingerprint density at radius 1 is 1.22 bits per heavy atom. The number of phenolic OH excluding ortho intramolecular Hbond substituents is 3. The first-order valence-corrected chi connectivity index (χ1v) is 6.48. The van der Waals surface area contributed by atoms with E-state index in [-0.39, 0.29) is 5.56 Å². The molecule has 0 spiro atoms. The Bertz CT molecular complexity index is 579. The molecule has 10 nitrogen and oxygen atoms in total. The van der Waals surface area contributed by atoms with Crippen LogP contribution in [0.3, 0.4) is 0 Å². The second-order valence-corrected chi connectivity index (χ2v) is 5.10. The molecule has 1 fully saturated rings. The van der Waals surface area contributed by atoms with Crippen molar-refractivity contribution in [2.45, 2.75) is 24.1 Å². The van der Waals surface area contributed by atoms with Crippen LogP contribution in [0.4, 0.5) is 0 Å². The first-order valence-electron chi connectivity index (χ1n) is 6.48. The van der Waals surface area contributed by atoms with Crippen molar-refractivity contribution in [1.82, 2.24) is 0 Å². The van der Waals surface area contributed by atoms with Crippen molar-refractivity contribution >= 4 is 5.97 Å².